The van der Waals surface area contributed by atoms with Crippen molar-refractivity contribution in [3.63, 3.8) is 0 Å². The van der Waals surface area contributed by atoms with Crippen LogP contribution in [0.2, 0.25) is 0 Å². The fraction of sp³-hybridized carbons (Fsp3) is 0.350. The van der Waals surface area contributed by atoms with Gasteiger partial charge in [0, 0.05) is 17.3 Å². The normalized spacial score (nSPS) is 11.7. The Bertz CT molecular complexity index is 900. The third-order valence-corrected chi connectivity index (χ3v) is 4.11. The minimum Gasteiger partial charge on any atom is -0.452 e. The second-order valence-electron chi connectivity index (χ2n) is 6.56. The molecule has 0 aliphatic rings. The lowest BCUT2D eigenvalue weighted by Crippen LogP contribution is -2.36. The number of carbonyl (C=O) groups is 2. The summed E-state index contributed by atoms with van der Waals surface area (Å²) in [7, 11) is 0. The van der Waals surface area contributed by atoms with E-state index in [4.69, 9.17) is 0 Å². The molecular formula is C20H22F3N3O3. The van der Waals surface area contributed by atoms with E-state index in [1.54, 1.807) is 12.2 Å². The van der Waals surface area contributed by atoms with Crippen LogP contribution in [0.25, 0.3) is 6.08 Å². The zero-order chi connectivity index (χ0) is 21.6. The van der Waals surface area contributed by atoms with Crippen LogP contribution in [0.4, 0.5) is 13.2 Å². The molecule has 0 spiro atoms. The number of amides is 1. The van der Waals surface area contributed by atoms with Crippen LogP contribution in [0.1, 0.15) is 28.1 Å². The monoisotopic (exact) mass is 409 g/mol. The molecule has 2 rings (SSSR count). The number of nitrogens with one attached hydrogen (secondary N) is 1. The van der Waals surface area contributed by atoms with Gasteiger partial charge in [0.25, 0.3) is 5.91 Å². The van der Waals surface area contributed by atoms with Crippen LogP contribution in [-0.2, 0) is 20.9 Å². The average molecular weight is 409 g/mol. The maximum Gasteiger partial charge on any atom is 0.405 e. The first-order chi connectivity index (χ1) is 13.5. The van der Waals surface area contributed by atoms with Gasteiger partial charge in [0.2, 0.25) is 0 Å². The van der Waals surface area contributed by atoms with Crippen molar-refractivity contribution < 1.29 is 27.5 Å². The molecule has 1 amide bonds. The Morgan fingerprint density at radius 1 is 1.17 bits per heavy atom. The van der Waals surface area contributed by atoms with Crippen LogP contribution in [0.15, 0.2) is 30.3 Å². The molecule has 0 unspecified atom stereocenters. The average Bonchev–Trinajstić information content (AvgIpc) is 2.91. The van der Waals surface area contributed by atoms with Crippen LogP contribution in [-0.4, -0.2) is 41.0 Å². The highest BCUT2D eigenvalue weighted by molar-refractivity contribution is 5.89. The summed E-state index contributed by atoms with van der Waals surface area (Å²) in [6.07, 6.45) is -1.89. The molecule has 1 aromatic carbocycles. The molecule has 0 fully saturated rings. The molecule has 0 aliphatic carbocycles. The number of esters is 1. The predicted octanol–water partition coefficient (Wildman–Crippen LogP) is 3.09. The van der Waals surface area contributed by atoms with Gasteiger partial charge in [-0.1, -0.05) is 29.8 Å². The number of ether oxygens (including phenoxy) is 1. The molecule has 0 saturated heterocycles. The molecule has 1 heterocycles. The number of aromatic nitrogens is 2. The Morgan fingerprint density at radius 3 is 2.45 bits per heavy atom. The summed E-state index contributed by atoms with van der Waals surface area (Å²) in [5.74, 6) is -1.86. The number of halogens is 3. The van der Waals surface area contributed by atoms with Gasteiger partial charge < -0.3 is 10.1 Å². The van der Waals surface area contributed by atoms with E-state index in [1.807, 2.05) is 42.8 Å². The number of benzene rings is 1. The van der Waals surface area contributed by atoms with Crippen LogP contribution in [0.5, 0.6) is 0 Å². The third-order valence-electron chi connectivity index (χ3n) is 4.11. The van der Waals surface area contributed by atoms with Gasteiger partial charge >= 0.3 is 12.1 Å². The lowest BCUT2D eigenvalue weighted by Gasteiger charge is -2.08. The van der Waals surface area contributed by atoms with Gasteiger partial charge in [-0.25, -0.2) is 4.79 Å². The van der Waals surface area contributed by atoms with Crippen LogP contribution >= 0.6 is 0 Å². The molecule has 2 aromatic rings. The Hall–Kier alpha value is -3.10. The van der Waals surface area contributed by atoms with Crippen molar-refractivity contribution in [1.29, 1.82) is 0 Å². The first kappa shape index (κ1) is 22.2. The van der Waals surface area contributed by atoms with Gasteiger partial charge in [0.15, 0.2) is 6.61 Å². The van der Waals surface area contributed by atoms with Crippen molar-refractivity contribution in [2.75, 3.05) is 13.2 Å². The molecule has 0 bridgehead atoms. The summed E-state index contributed by atoms with van der Waals surface area (Å²) in [5.41, 5.74) is 4.53. The first-order valence-corrected chi connectivity index (χ1v) is 8.83. The molecule has 1 N–H and O–H groups in total. The van der Waals surface area contributed by atoms with Crippen molar-refractivity contribution in [2.24, 2.45) is 0 Å². The molecule has 6 nitrogen and oxygen atoms in total. The van der Waals surface area contributed by atoms with Gasteiger partial charge in [-0.2, -0.15) is 18.3 Å². The number of rotatable bonds is 7. The van der Waals surface area contributed by atoms with Gasteiger partial charge in [-0.3, -0.25) is 9.48 Å². The number of aryl methyl sites for hydroxylation is 2. The minimum atomic E-state index is -4.52. The highest BCUT2D eigenvalue weighted by atomic mass is 19.4. The van der Waals surface area contributed by atoms with Crippen LogP contribution in [0, 0.1) is 20.8 Å². The van der Waals surface area contributed by atoms with Crippen molar-refractivity contribution in [3.05, 3.63) is 58.4 Å². The lowest BCUT2D eigenvalue weighted by atomic mass is 10.1. The van der Waals surface area contributed by atoms with E-state index in [9.17, 15) is 22.8 Å². The maximum absolute atomic E-state index is 12.0. The molecule has 0 aliphatic heterocycles. The predicted molar refractivity (Wildman–Crippen MR) is 101 cm³/mol. The summed E-state index contributed by atoms with van der Waals surface area (Å²) in [5, 5.41) is 6.09. The molecule has 0 radical (unpaired) electrons. The van der Waals surface area contributed by atoms with Gasteiger partial charge in [0.1, 0.15) is 6.54 Å². The SMILES string of the molecule is Cc1ccc(Cn2nc(C)c(/C=C/C(=O)OCC(=O)NCC(F)(F)F)c2C)cc1. The van der Waals surface area contributed by atoms with E-state index in [0.29, 0.717) is 12.2 Å². The van der Waals surface area contributed by atoms with E-state index in [2.05, 4.69) is 9.84 Å². The number of hydrogen-bond donors (Lipinski definition) is 1. The second-order valence-corrected chi connectivity index (χ2v) is 6.56. The summed E-state index contributed by atoms with van der Waals surface area (Å²) in [6, 6.07) is 8.07. The second kappa shape index (κ2) is 9.40. The van der Waals surface area contributed by atoms with Gasteiger partial charge in [-0.05, 0) is 32.4 Å². The number of alkyl halides is 3. The fourth-order valence-corrected chi connectivity index (χ4v) is 2.56. The van der Waals surface area contributed by atoms with Crippen molar-refractivity contribution in [1.82, 2.24) is 15.1 Å². The molecule has 1 aromatic heterocycles. The zero-order valence-corrected chi connectivity index (χ0v) is 16.3. The molecular weight excluding hydrogens is 387 g/mol. The van der Waals surface area contributed by atoms with E-state index in [1.165, 1.54) is 6.08 Å². The highest BCUT2D eigenvalue weighted by Gasteiger charge is 2.27. The van der Waals surface area contributed by atoms with Crippen molar-refractivity contribution in [3.8, 4) is 0 Å². The first-order valence-electron chi connectivity index (χ1n) is 8.83. The topological polar surface area (TPSA) is 73.2 Å². The summed E-state index contributed by atoms with van der Waals surface area (Å²) in [4.78, 5) is 23.0. The summed E-state index contributed by atoms with van der Waals surface area (Å²) in [6.45, 7) is 3.99. The Morgan fingerprint density at radius 2 is 1.83 bits per heavy atom. The highest BCUT2D eigenvalue weighted by Crippen LogP contribution is 2.17. The third kappa shape index (κ3) is 7.10. The van der Waals surface area contributed by atoms with E-state index in [0.717, 1.165) is 28.5 Å². The van der Waals surface area contributed by atoms with Crippen molar-refractivity contribution in [2.45, 2.75) is 33.5 Å². The molecule has 9 heteroatoms. The van der Waals surface area contributed by atoms with E-state index in [-0.39, 0.29) is 0 Å². The van der Waals surface area contributed by atoms with E-state index >= 15 is 0 Å². The summed E-state index contributed by atoms with van der Waals surface area (Å²) >= 11 is 0. The molecule has 156 valence electrons. The number of carbonyl (C=O) groups excluding carboxylic acids is 2. The largest absolute Gasteiger partial charge is 0.452 e. The van der Waals surface area contributed by atoms with E-state index < -0.39 is 31.2 Å². The number of hydrogen-bond acceptors (Lipinski definition) is 4. The van der Waals surface area contributed by atoms with Crippen molar-refractivity contribution >= 4 is 18.0 Å². The van der Waals surface area contributed by atoms with Gasteiger partial charge in [-0.15, -0.1) is 0 Å². The van der Waals surface area contributed by atoms with Gasteiger partial charge in [0.05, 0.1) is 12.2 Å². The van der Waals surface area contributed by atoms with Crippen LogP contribution < -0.4 is 5.32 Å². The Balaban J connectivity index is 1.94. The quantitative estimate of drug-likeness (QED) is 0.564. The summed E-state index contributed by atoms with van der Waals surface area (Å²) < 4.78 is 42.5. The molecule has 0 atom stereocenters. The smallest absolute Gasteiger partial charge is 0.405 e. The number of nitrogens with zero attached hydrogens (tertiary/aromatic N) is 2. The molecule has 29 heavy (non-hydrogen) atoms. The van der Waals surface area contributed by atoms with Crippen LogP contribution in [0.3, 0.4) is 0 Å². The Kier molecular flexibility index (Phi) is 7.19. The lowest BCUT2D eigenvalue weighted by molar-refractivity contribution is -0.148. The molecule has 0 saturated carbocycles. The Labute approximate surface area is 166 Å². The fourth-order valence-electron chi connectivity index (χ4n) is 2.56. The zero-order valence-electron chi connectivity index (χ0n) is 16.3. The standard InChI is InChI=1S/C20H22F3N3O3/c1-13-4-6-16(7-5-13)10-26-15(3)17(14(2)25-26)8-9-19(28)29-11-18(27)24-12-20(21,22)23/h4-9H,10-12H2,1-3H3,(H,24,27)/b9-8+. The maximum atomic E-state index is 12.0. The minimum absolute atomic E-state index is 0.574.